The molecule has 0 aliphatic carbocycles. The average Bonchev–Trinajstić information content (AvgIpc) is 2.38. The molecule has 0 spiro atoms. The highest BCUT2D eigenvalue weighted by molar-refractivity contribution is 5.67. The molecule has 0 aromatic heterocycles. The van der Waals surface area contributed by atoms with Crippen LogP contribution in [-0.4, -0.2) is 28.6 Å². The molecule has 20 heavy (non-hydrogen) atoms. The molecule has 0 amide bonds. The van der Waals surface area contributed by atoms with Gasteiger partial charge in [0.15, 0.2) is 0 Å². The van der Waals surface area contributed by atoms with Gasteiger partial charge in [0.05, 0.1) is 6.42 Å². The molecule has 1 rings (SSSR count). The normalized spacial score (nSPS) is 14.6. The topological polar surface area (TPSA) is 40.5 Å². The summed E-state index contributed by atoms with van der Waals surface area (Å²) in [6, 6.07) is 8.94. The van der Waals surface area contributed by atoms with Gasteiger partial charge in [-0.25, -0.2) is 0 Å². The molecule has 0 radical (unpaired) electrons. The molecule has 0 fully saturated rings. The van der Waals surface area contributed by atoms with Gasteiger partial charge in [-0.05, 0) is 37.4 Å². The van der Waals surface area contributed by atoms with E-state index in [-0.39, 0.29) is 18.5 Å². The molecule has 0 saturated heterocycles. The maximum absolute atomic E-state index is 10.9. The van der Waals surface area contributed by atoms with Crippen LogP contribution in [0.2, 0.25) is 0 Å². The number of hydrogen-bond donors (Lipinski definition) is 1. The Hall–Kier alpha value is -1.35. The van der Waals surface area contributed by atoms with Crippen molar-refractivity contribution in [3.05, 3.63) is 35.4 Å². The van der Waals surface area contributed by atoms with Crippen molar-refractivity contribution in [2.24, 2.45) is 0 Å². The molecule has 1 aromatic carbocycles. The molecule has 2 unspecified atom stereocenters. The first-order chi connectivity index (χ1) is 9.36. The van der Waals surface area contributed by atoms with Crippen LogP contribution in [0.1, 0.15) is 64.1 Å². The van der Waals surface area contributed by atoms with E-state index in [1.807, 2.05) is 6.92 Å². The number of carbonyl (C=O) groups is 1. The second kappa shape index (κ2) is 7.44. The van der Waals surface area contributed by atoms with Gasteiger partial charge in [-0.15, -0.1) is 0 Å². The molecule has 3 heteroatoms. The molecule has 0 bridgehead atoms. The average molecular weight is 277 g/mol. The molecule has 2 atom stereocenters. The van der Waals surface area contributed by atoms with E-state index in [4.69, 9.17) is 5.11 Å². The number of carboxylic acid groups (broad SMARTS) is 1. The highest BCUT2D eigenvalue weighted by Crippen LogP contribution is 2.25. The van der Waals surface area contributed by atoms with Gasteiger partial charge in [0, 0.05) is 12.1 Å². The highest BCUT2D eigenvalue weighted by Gasteiger charge is 2.21. The van der Waals surface area contributed by atoms with Crippen molar-refractivity contribution in [2.75, 3.05) is 6.54 Å². The lowest BCUT2D eigenvalue weighted by Crippen LogP contribution is -2.36. The van der Waals surface area contributed by atoms with E-state index in [1.54, 1.807) is 0 Å². The van der Waals surface area contributed by atoms with E-state index in [0.717, 1.165) is 6.54 Å². The molecule has 0 heterocycles. The zero-order valence-corrected chi connectivity index (χ0v) is 13.3. The summed E-state index contributed by atoms with van der Waals surface area (Å²) in [7, 11) is 0. The van der Waals surface area contributed by atoms with Crippen LogP contribution in [0.3, 0.4) is 0 Å². The van der Waals surface area contributed by atoms with E-state index in [1.165, 1.54) is 11.1 Å². The largest absolute Gasteiger partial charge is 0.481 e. The number of hydrogen-bond acceptors (Lipinski definition) is 2. The third-order valence-electron chi connectivity index (χ3n) is 3.98. The molecule has 1 aromatic rings. The molecular formula is C17H27NO2. The van der Waals surface area contributed by atoms with Crippen LogP contribution in [-0.2, 0) is 4.79 Å². The van der Waals surface area contributed by atoms with Gasteiger partial charge in [-0.2, -0.15) is 0 Å². The zero-order valence-electron chi connectivity index (χ0n) is 13.3. The predicted octanol–water partition coefficient (Wildman–Crippen LogP) is 4.06. The number of carboxylic acids is 1. The first-order valence-electron chi connectivity index (χ1n) is 7.44. The Morgan fingerprint density at radius 2 is 1.60 bits per heavy atom. The summed E-state index contributed by atoms with van der Waals surface area (Å²) in [5, 5.41) is 8.95. The maximum Gasteiger partial charge on any atom is 0.304 e. The third-order valence-corrected chi connectivity index (χ3v) is 3.98. The Labute approximate surface area is 122 Å². The van der Waals surface area contributed by atoms with Crippen LogP contribution < -0.4 is 0 Å². The van der Waals surface area contributed by atoms with Crippen LogP contribution in [0.5, 0.6) is 0 Å². The van der Waals surface area contributed by atoms with Crippen molar-refractivity contribution < 1.29 is 9.90 Å². The van der Waals surface area contributed by atoms with Gasteiger partial charge in [0.25, 0.3) is 0 Å². The SMILES string of the molecule is CCN(C(C)CC(=O)O)C(C)c1ccc(C(C)C)cc1. The smallest absolute Gasteiger partial charge is 0.304 e. The summed E-state index contributed by atoms with van der Waals surface area (Å²) in [5.74, 6) is -0.203. The van der Waals surface area contributed by atoms with E-state index in [0.29, 0.717) is 5.92 Å². The lowest BCUT2D eigenvalue weighted by Gasteiger charge is -2.33. The minimum Gasteiger partial charge on any atom is -0.481 e. The standard InChI is InChI=1S/C17H27NO2/c1-6-18(13(4)11-17(19)20)14(5)16-9-7-15(8-10-16)12(2)3/h7-10,12-14H,6,11H2,1-5H3,(H,19,20). The molecule has 0 saturated carbocycles. The molecule has 0 aliphatic heterocycles. The fourth-order valence-electron chi connectivity index (χ4n) is 2.69. The maximum atomic E-state index is 10.9. The van der Waals surface area contributed by atoms with Gasteiger partial charge in [0.2, 0.25) is 0 Å². The van der Waals surface area contributed by atoms with Crippen molar-refractivity contribution in [3.63, 3.8) is 0 Å². The monoisotopic (exact) mass is 277 g/mol. The van der Waals surface area contributed by atoms with E-state index < -0.39 is 5.97 Å². The molecular weight excluding hydrogens is 250 g/mol. The van der Waals surface area contributed by atoms with Gasteiger partial charge < -0.3 is 5.11 Å². The fraction of sp³-hybridized carbons (Fsp3) is 0.588. The van der Waals surface area contributed by atoms with Crippen molar-refractivity contribution >= 4 is 5.97 Å². The van der Waals surface area contributed by atoms with Crippen LogP contribution in [0, 0.1) is 0 Å². The minimum absolute atomic E-state index is 0.0391. The van der Waals surface area contributed by atoms with Crippen LogP contribution in [0.4, 0.5) is 0 Å². The molecule has 0 aliphatic rings. The van der Waals surface area contributed by atoms with Crippen LogP contribution in [0.15, 0.2) is 24.3 Å². The van der Waals surface area contributed by atoms with Gasteiger partial charge >= 0.3 is 5.97 Å². The third kappa shape index (κ3) is 4.34. The number of benzene rings is 1. The van der Waals surface area contributed by atoms with Crippen LogP contribution >= 0.6 is 0 Å². The number of aliphatic carboxylic acids is 1. The predicted molar refractivity (Wildman–Crippen MR) is 83.0 cm³/mol. The van der Waals surface area contributed by atoms with E-state index >= 15 is 0 Å². The highest BCUT2D eigenvalue weighted by atomic mass is 16.4. The van der Waals surface area contributed by atoms with Gasteiger partial charge in [0.1, 0.15) is 0 Å². The fourth-order valence-corrected chi connectivity index (χ4v) is 2.69. The zero-order chi connectivity index (χ0) is 15.3. The van der Waals surface area contributed by atoms with Crippen molar-refractivity contribution in [1.29, 1.82) is 0 Å². The quantitative estimate of drug-likeness (QED) is 0.817. The molecule has 1 N–H and O–H groups in total. The Kier molecular flexibility index (Phi) is 6.21. The van der Waals surface area contributed by atoms with Crippen molar-refractivity contribution in [2.45, 2.75) is 59.0 Å². The Morgan fingerprint density at radius 3 is 2.00 bits per heavy atom. The minimum atomic E-state index is -0.738. The van der Waals surface area contributed by atoms with Gasteiger partial charge in [-0.1, -0.05) is 45.0 Å². The summed E-state index contributed by atoms with van der Waals surface area (Å²) in [6.07, 6.45) is 0.183. The van der Waals surface area contributed by atoms with Crippen LogP contribution in [0.25, 0.3) is 0 Å². The lowest BCUT2D eigenvalue weighted by atomic mass is 9.98. The first-order valence-corrected chi connectivity index (χ1v) is 7.44. The number of rotatable bonds is 7. The second-order valence-electron chi connectivity index (χ2n) is 5.77. The summed E-state index contributed by atoms with van der Waals surface area (Å²) in [6.45, 7) is 11.4. The summed E-state index contributed by atoms with van der Waals surface area (Å²) < 4.78 is 0. The summed E-state index contributed by atoms with van der Waals surface area (Å²) >= 11 is 0. The molecule has 112 valence electrons. The van der Waals surface area contributed by atoms with E-state index in [2.05, 4.69) is 56.9 Å². The van der Waals surface area contributed by atoms with Crippen molar-refractivity contribution in [1.82, 2.24) is 4.90 Å². The van der Waals surface area contributed by atoms with E-state index in [9.17, 15) is 4.79 Å². The molecule has 3 nitrogen and oxygen atoms in total. The first kappa shape index (κ1) is 16.7. The lowest BCUT2D eigenvalue weighted by molar-refractivity contribution is -0.138. The Balaban J connectivity index is 2.84. The Bertz CT molecular complexity index is 425. The Morgan fingerprint density at radius 1 is 1.10 bits per heavy atom. The van der Waals surface area contributed by atoms with Crippen molar-refractivity contribution in [3.8, 4) is 0 Å². The van der Waals surface area contributed by atoms with Gasteiger partial charge in [-0.3, -0.25) is 9.69 Å². The number of nitrogens with zero attached hydrogens (tertiary/aromatic N) is 1. The second-order valence-corrected chi connectivity index (χ2v) is 5.77. The summed E-state index contributed by atoms with van der Waals surface area (Å²) in [4.78, 5) is 13.1. The summed E-state index contributed by atoms with van der Waals surface area (Å²) in [5.41, 5.74) is 2.58.